The minimum atomic E-state index is -0.232. The van der Waals surface area contributed by atoms with E-state index in [9.17, 15) is 4.39 Å². The third kappa shape index (κ3) is 4.64. The number of aromatic nitrogens is 1. The molecule has 0 radical (unpaired) electrons. The van der Waals surface area contributed by atoms with Crippen LogP contribution in [0.5, 0.6) is 0 Å². The molecule has 2 N–H and O–H groups in total. The lowest BCUT2D eigenvalue weighted by Crippen LogP contribution is -2.44. The summed E-state index contributed by atoms with van der Waals surface area (Å²) in [5, 5.41) is 7.31. The summed E-state index contributed by atoms with van der Waals surface area (Å²) in [6.45, 7) is 4.72. The topological polar surface area (TPSA) is 52.6 Å². The van der Waals surface area contributed by atoms with E-state index in [0.29, 0.717) is 23.1 Å². The summed E-state index contributed by atoms with van der Waals surface area (Å²) in [5.74, 6) is 1.27. The van der Waals surface area contributed by atoms with Gasteiger partial charge in [0.1, 0.15) is 11.6 Å². The molecule has 0 spiro atoms. The zero-order valence-electron chi connectivity index (χ0n) is 14.8. The van der Waals surface area contributed by atoms with E-state index in [-0.39, 0.29) is 11.9 Å². The number of aliphatic imine (C=N–C) groups is 1. The second kappa shape index (κ2) is 8.85. The molecule has 1 aliphatic rings. The van der Waals surface area contributed by atoms with E-state index in [4.69, 9.17) is 11.6 Å². The lowest BCUT2D eigenvalue weighted by molar-refractivity contribution is 0.608. The van der Waals surface area contributed by atoms with E-state index >= 15 is 0 Å². The van der Waals surface area contributed by atoms with Gasteiger partial charge in [0.25, 0.3) is 0 Å². The molecular weight excluding hydrogens is 353 g/mol. The predicted octanol–water partition coefficient (Wildman–Crippen LogP) is 3.21. The second-order valence-electron chi connectivity index (χ2n) is 6.17. The number of anilines is 1. The average molecular weight is 376 g/mol. The van der Waals surface area contributed by atoms with E-state index in [1.54, 1.807) is 18.3 Å². The number of hydrogen-bond donors (Lipinski definition) is 2. The van der Waals surface area contributed by atoms with Gasteiger partial charge in [-0.3, -0.25) is 0 Å². The van der Waals surface area contributed by atoms with Gasteiger partial charge in [-0.15, -0.1) is 0 Å². The fraction of sp³-hybridized carbons (Fsp3) is 0.368. The Bertz CT molecular complexity index is 767. The van der Waals surface area contributed by atoms with Crippen LogP contribution < -0.4 is 15.5 Å². The first-order valence-electron chi connectivity index (χ1n) is 8.81. The summed E-state index contributed by atoms with van der Waals surface area (Å²) < 4.78 is 13.8. The molecule has 1 aromatic heterocycles. The first kappa shape index (κ1) is 18.5. The van der Waals surface area contributed by atoms with Crippen molar-refractivity contribution in [3.05, 3.63) is 59.0 Å². The predicted molar refractivity (Wildman–Crippen MR) is 104 cm³/mol. The molecule has 7 heteroatoms. The monoisotopic (exact) mass is 375 g/mol. The average Bonchev–Trinajstić information content (AvgIpc) is 3.10. The summed E-state index contributed by atoms with van der Waals surface area (Å²) in [6, 6.07) is 10.6. The smallest absolute Gasteiger partial charge is 0.191 e. The Kier molecular flexibility index (Phi) is 6.28. The molecule has 1 aromatic carbocycles. The number of nitrogens with one attached hydrogen (secondary N) is 2. The summed E-state index contributed by atoms with van der Waals surface area (Å²) in [4.78, 5) is 11.1. The molecule has 3 rings (SSSR count). The number of rotatable bonds is 5. The summed E-state index contributed by atoms with van der Waals surface area (Å²) in [7, 11) is 0. The normalized spacial score (nSPS) is 17.4. The molecule has 0 aliphatic carbocycles. The van der Waals surface area contributed by atoms with Crippen LogP contribution in [0.3, 0.4) is 0 Å². The molecule has 1 unspecified atom stereocenters. The first-order valence-corrected chi connectivity index (χ1v) is 9.19. The van der Waals surface area contributed by atoms with Crippen LogP contribution in [0.1, 0.15) is 18.9 Å². The van der Waals surface area contributed by atoms with E-state index in [1.165, 1.54) is 6.07 Å². The van der Waals surface area contributed by atoms with Crippen LogP contribution in [-0.4, -0.2) is 36.6 Å². The molecule has 138 valence electrons. The molecule has 0 saturated carbocycles. The summed E-state index contributed by atoms with van der Waals surface area (Å²) in [5.41, 5.74) is 0.581. The second-order valence-corrected chi connectivity index (χ2v) is 6.58. The van der Waals surface area contributed by atoms with E-state index in [2.05, 4.69) is 25.5 Å². The highest BCUT2D eigenvalue weighted by atomic mass is 35.5. The van der Waals surface area contributed by atoms with Crippen molar-refractivity contribution < 1.29 is 4.39 Å². The Morgan fingerprint density at radius 3 is 2.96 bits per heavy atom. The van der Waals surface area contributed by atoms with Gasteiger partial charge in [-0.25, -0.2) is 14.4 Å². The lowest BCUT2D eigenvalue weighted by atomic mass is 10.2. The highest BCUT2D eigenvalue weighted by Gasteiger charge is 2.25. The van der Waals surface area contributed by atoms with Gasteiger partial charge in [-0.05, 0) is 31.5 Å². The highest BCUT2D eigenvalue weighted by molar-refractivity contribution is 6.32. The number of nitrogens with zero attached hydrogens (tertiary/aromatic N) is 3. The Labute approximate surface area is 158 Å². The Morgan fingerprint density at radius 2 is 2.19 bits per heavy atom. The number of benzene rings is 1. The van der Waals surface area contributed by atoms with Gasteiger partial charge in [0, 0.05) is 37.4 Å². The van der Waals surface area contributed by atoms with Crippen LogP contribution in [0.15, 0.2) is 47.6 Å². The van der Waals surface area contributed by atoms with Gasteiger partial charge in [-0.1, -0.05) is 29.8 Å². The molecule has 1 atom stereocenters. The van der Waals surface area contributed by atoms with Gasteiger partial charge in [0.2, 0.25) is 0 Å². The maximum Gasteiger partial charge on any atom is 0.191 e. The largest absolute Gasteiger partial charge is 0.357 e. The highest BCUT2D eigenvalue weighted by Crippen LogP contribution is 2.25. The van der Waals surface area contributed by atoms with Gasteiger partial charge in [-0.2, -0.15) is 0 Å². The standard InChI is InChI=1S/C19H23ClFN5/c1-2-22-19(24-12-14-6-3-4-8-17(14)21)25-15-9-11-26(13-15)18-16(20)7-5-10-23-18/h3-8,10,15H,2,9,11-13H2,1H3,(H2,22,24,25). The van der Waals surface area contributed by atoms with Gasteiger partial charge in [0.15, 0.2) is 5.96 Å². The maximum absolute atomic E-state index is 13.8. The molecule has 2 heterocycles. The minimum Gasteiger partial charge on any atom is -0.357 e. The quantitative estimate of drug-likeness (QED) is 0.622. The fourth-order valence-corrected chi connectivity index (χ4v) is 3.23. The maximum atomic E-state index is 13.8. The Balaban J connectivity index is 1.63. The zero-order chi connectivity index (χ0) is 18.4. The van der Waals surface area contributed by atoms with Gasteiger partial charge in [0.05, 0.1) is 11.6 Å². The molecule has 1 saturated heterocycles. The lowest BCUT2D eigenvalue weighted by Gasteiger charge is -2.20. The molecule has 0 amide bonds. The molecule has 0 bridgehead atoms. The zero-order valence-corrected chi connectivity index (χ0v) is 15.5. The van der Waals surface area contributed by atoms with Crippen LogP contribution in [0.2, 0.25) is 5.02 Å². The fourth-order valence-electron chi connectivity index (χ4n) is 2.98. The SMILES string of the molecule is CCNC(=NCc1ccccc1F)NC1CCN(c2ncccc2Cl)C1. The molecule has 1 fully saturated rings. The number of hydrogen-bond acceptors (Lipinski definition) is 3. The number of halogens is 2. The van der Waals surface area contributed by atoms with Crippen molar-refractivity contribution in [3.8, 4) is 0 Å². The molecule has 26 heavy (non-hydrogen) atoms. The van der Waals surface area contributed by atoms with Crippen molar-refractivity contribution >= 4 is 23.4 Å². The first-order chi connectivity index (χ1) is 12.7. The Hall–Kier alpha value is -2.34. The van der Waals surface area contributed by atoms with Crippen LogP contribution in [0.4, 0.5) is 10.2 Å². The van der Waals surface area contributed by atoms with Crippen LogP contribution in [0.25, 0.3) is 0 Å². The van der Waals surface area contributed by atoms with Crippen LogP contribution in [0, 0.1) is 5.82 Å². The van der Waals surface area contributed by atoms with Crippen LogP contribution in [-0.2, 0) is 6.54 Å². The van der Waals surface area contributed by atoms with Crippen molar-refractivity contribution in [2.45, 2.75) is 25.9 Å². The van der Waals surface area contributed by atoms with Crippen molar-refractivity contribution in [2.75, 3.05) is 24.5 Å². The minimum absolute atomic E-state index is 0.228. The third-order valence-electron chi connectivity index (χ3n) is 4.28. The van der Waals surface area contributed by atoms with Crippen molar-refractivity contribution in [1.82, 2.24) is 15.6 Å². The molecule has 1 aliphatic heterocycles. The summed E-state index contributed by atoms with van der Waals surface area (Å²) in [6.07, 6.45) is 2.71. The molecule has 2 aromatic rings. The van der Waals surface area contributed by atoms with E-state index < -0.39 is 0 Å². The third-order valence-corrected chi connectivity index (χ3v) is 4.57. The van der Waals surface area contributed by atoms with Gasteiger partial charge < -0.3 is 15.5 Å². The van der Waals surface area contributed by atoms with Crippen LogP contribution >= 0.6 is 11.6 Å². The van der Waals surface area contributed by atoms with E-state index in [0.717, 1.165) is 31.9 Å². The summed E-state index contributed by atoms with van der Waals surface area (Å²) >= 11 is 6.24. The molecular formula is C19H23ClFN5. The number of pyridine rings is 1. The van der Waals surface area contributed by atoms with Crippen molar-refractivity contribution in [3.63, 3.8) is 0 Å². The van der Waals surface area contributed by atoms with Gasteiger partial charge >= 0.3 is 0 Å². The number of guanidine groups is 1. The molecule has 5 nitrogen and oxygen atoms in total. The Morgan fingerprint density at radius 1 is 1.35 bits per heavy atom. The van der Waals surface area contributed by atoms with E-state index in [1.807, 2.05) is 25.1 Å². The van der Waals surface area contributed by atoms with Crippen molar-refractivity contribution in [1.29, 1.82) is 0 Å². The van der Waals surface area contributed by atoms with Crippen molar-refractivity contribution in [2.24, 2.45) is 4.99 Å².